The summed E-state index contributed by atoms with van der Waals surface area (Å²) in [5, 5.41) is 9.24. The number of carbonyl (C=O) groups excluding carboxylic acids is 3. The molecule has 0 aromatic carbocycles. The molecule has 2 rings (SSSR count). The van der Waals surface area contributed by atoms with Crippen LogP contribution in [0.2, 0.25) is 0 Å². The minimum absolute atomic E-state index is 0.0562. The normalized spacial score (nSPS) is 25.5. The van der Waals surface area contributed by atoms with E-state index >= 15 is 0 Å². The lowest BCUT2D eigenvalue weighted by molar-refractivity contribution is -0.174. The fourth-order valence-electron chi connectivity index (χ4n) is 3.44. The van der Waals surface area contributed by atoms with Crippen LogP contribution in [0.4, 0.5) is 0 Å². The van der Waals surface area contributed by atoms with Gasteiger partial charge in [0.2, 0.25) is 17.7 Å². The Morgan fingerprint density at radius 2 is 2.00 bits per heavy atom. The zero-order chi connectivity index (χ0) is 18.7. The summed E-state index contributed by atoms with van der Waals surface area (Å²) in [7, 11) is 0. The lowest BCUT2D eigenvalue weighted by Gasteiger charge is -2.45. The van der Waals surface area contributed by atoms with Gasteiger partial charge >= 0.3 is 5.97 Å². The molecule has 2 aliphatic rings. The Bertz CT molecular complexity index is 615. The number of nitrogens with two attached hydrogens (primary N) is 2. The highest BCUT2D eigenvalue weighted by atomic mass is 16.4. The summed E-state index contributed by atoms with van der Waals surface area (Å²) in [5.74, 6) is -3.20. The van der Waals surface area contributed by atoms with Crippen molar-refractivity contribution in [2.24, 2.45) is 22.4 Å². The third-order valence-electron chi connectivity index (χ3n) is 4.59. The number of carbonyl (C=O) groups is 4. The number of nitrogens with zero attached hydrogens (tertiary/aromatic N) is 3. The molecule has 0 aromatic heterocycles. The monoisotopic (exact) mass is 353 g/mol. The number of carboxylic acid groups (broad SMARTS) is 1. The zero-order valence-corrected chi connectivity index (χ0v) is 14.1. The first-order valence-electron chi connectivity index (χ1n) is 8.18. The molecule has 5 N–H and O–H groups in total. The molecule has 2 fully saturated rings. The van der Waals surface area contributed by atoms with Gasteiger partial charge in [-0.25, -0.2) is 4.79 Å². The second kappa shape index (κ2) is 7.49. The van der Waals surface area contributed by atoms with Gasteiger partial charge in [0.15, 0.2) is 5.96 Å². The molecule has 2 heterocycles. The molecule has 0 aromatic rings. The first-order chi connectivity index (χ1) is 11.8. The lowest BCUT2D eigenvalue weighted by atomic mass is 9.82. The molecule has 10 heteroatoms. The Hall–Kier alpha value is -2.65. The van der Waals surface area contributed by atoms with Gasteiger partial charge < -0.3 is 21.5 Å². The van der Waals surface area contributed by atoms with Crippen LogP contribution in [0.15, 0.2) is 4.99 Å². The fraction of sp³-hybridized carbons (Fsp3) is 0.667. The van der Waals surface area contributed by atoms with Crippen LogP contribution >= 0.6 is 0 Å². The maximum absolute atomic E-state index is 12.8. The quantitative estimate of drug-likeness (QED) is 0.226. The highest BCUT2D eigenvalue weighted by Gasteiger charge is 2.55. The van der Waals surface area contributed by atoms with E-state index in [2.05, 4.69) is 4.99 Å². The highest BCUT2D eigenvalue weighted by Crippen LogP contribution is 2.34. The number of carboxylic acids is 1. The van der Waals surface area contributed by atoms with Crippen molar-refractivity contribution in [3.05, 3.63) is 0 Å². The molecule has 2 saturated heterocycles. The first kappa shape index (κ1) is 18.7. The van der Waals surface area contributed by atoms with Crippen molar-refractivity contribution < 1.29 is 24.3 Å². The molecule has 2 aliphatic heterocycles. The molecule has 0 saturated carbocycles. The van der Waals surface area contributed by atoms with Gasteiger partial charge in [-0.15, -0.1) is 0 Å². The van der Waals surface area contributed by atoms with Crippen molar-refractivity contribution in [3.8, 4) is 0 Å². The fourth-order valence-corrected chi connectivity index (χ4v) is 3.44. The van der Waals surface area contributed by atoms with Crippen LogP contribution in [0, 0.1) is 5.92 Å². The Morgan fingerprint density at radius 3 is 2.56 bits per heavy atom. The molecule has 10 nitrogen and oxygen atoms in total. The van der Waals surface area contributed by atoms with Gasteiger partial charge in [0.1, 0.15) is 12.1 Å². The average molecular weight is 353 g/mol. The molecule has 25 heavy (non-hydrogen) atoms. The number of imide groups is 1. The van der Waals surface area contributed by atoms with Crippen molar-refractivity contribution in [1.29, 1.82) is 0 Å². The van der Waals surface area contributed by atoms with Crippen molar-refractivity contribution in [3.63, 3.8) is 0 Å². The molecule has 0 aliphatic carbocycles. The number of aliphatic imine (C=N–C) groups is 1. The Labute approximate surface area is 144 Å². The smallest absolute Gasteiger partial charge is 0.326 e. The Balaban J connectivity index is 2.10. The maximum Gasteiger partial charge on any atom is 0.326 e. The summed E-state index contributed by atoms with van der Waals surface area (Å²) in [5.41, 5.74) is 10.5. The topological polar surface area (TPSA) is 159 Å². The van der Waals surface area contributed by atoms with E-state index in [4.69, 9.17) is 11.5 Å². The van der Waals surface area contributed by atoms with Crippen LogP contribution in [0.1, 0.15) is 32.6 Å². The summed E-state index contributed by atoms with van der Waals surface area (Å²) >= 11 is 0. The van der Waals surface area contributed by atoms with Gasteiger partial charge in [-0.1, -0.05) is 0 Å². The van der Waals surface area contributed by atoms with Crippen molar-refractivity contribution >= 4 is 29.7 Å². The Morgan fingerprint density at radius 1 is 1.32 bits per heavy atom. The minimum Gasteiger partial charge on any atom is -0.480 e. The number of hydrogen-bond donors (Lipinski definition) is 3. The Kier molecular flexibility index (Phi) is 5.60. The van der Waals surface area contributed by atoms with Gasteiger partial charge in [0.25, 0.3) is 0 Å². The molecular formula is C15H23N5O5. The van der Waals surface area contributed by atoms with Gasteiger partial charge in [-0.2, -0.15) is 0 Å². The van der Waals surface area contributed by atoms with Gasteiger partial charge in [0.05, 0.1) is 5.92 Å². The third-order valence-corrected chi connectivity index (χ3v) is 4.59. The van der Waals surface area contributed by atoms with Crippen LogP contribution in [0.5, 0.6) is 0 Å². The van der Waals surface area contributed by atoms with Crippen LogP contribution in [0.25, 0.3) is 0 Å². The van der Waals surface area contributed by atoms with E-state index in [1.165, 1.54) is 11.8 Å². The molecule has 3 amide bonds. The molecular weight excluding hydrogens is 330 g/mol. The van der Waals surface area contributed by atoms with E-state index in [0.717, 1.165) is 4.90 Å². The van der Waals surface area contributed by atoms with Crippen LogP contribution in [0.3, 0.4) is 0 Å². The van der Waals surface area contributed by atoms with Crippen molar-refractivity contribution in [2.45, 2.75) is 44.7 Å². The standard InChI is InChI=1S/C15H23N5O5/c1-8(21)20-11(9(12(20)22)4-2-6-18-15(16)17)13(23)19-7-3-5-10(19)14(24)25/h9-11H,2-7H2,1H3,(H,24,25)(H4,16,17,18)/t9-,10?,11+/m1/s1. The number of β-lactam (4-membered cyclic amide) rings is 1. The van der Waals surface area contributed by atoms with Gasteiger partial charge in [-0.05, 0) is 25.7 Å². The summed E-state index contributed by atoms with van der Waals surface area (Å²) < 4.78 is 0. The predicted molar refractivity (Wildman–Crippen MR) is 87.1 cm³/mol. The average Bonchev–Trinajstić information content (AvgIpc) is 3.00. The van der Waals surface area contributed by atoms with Crippen molar-refractivity contribution in [1.82, 2.24) is 9.80 Å². The van der Waals surface area contributed by atoms with Crippen LogP contribution < -0.4 is 11.5 Å². The molecule has 1 unspecified atom stereocenters. The largest absolute Gasteiger partial charge is 0.480 e. The summed E-state index contributed by atoms with van der Waals surface area (Å²) in [4.78, 5) is 54.0. The van der Waals surface area contributed by atoms with E-state index in [9.17, 15) is 24.3 Å². The molecule has 0 spiro atoms. The first-order valence-corrected chi connectivity index (χ1v) is 8.18. The number of likely N-dealkylation sites (tertiary alicyclic amines) is 2. The minimum atomic E-state index is -1.07. The number of aliphatic carboxylic acids is 1. The SMILES string of the molecule is CC(=O)N1C(=O)[C@H](CCCN=C(N)N)[C@H]1C(=O)N1CCCC1C(=O)O. The van der Waals surface area contributed by atoms with E-state index < -0.39 is 41.7 Å². The molecule has 3 atom stereocenters. The zero-order valence-electron chi connectivity index (χ0n) is 14.1. The molecule has 0 radical (unpaired) electrons. The van der Waals surface area contributed by atoms with Crippen LogP contribution in [-0.2, 0) is 19.2 Å². The second-order valence-electron chi connectivity index (χ2n) is 6.26. The maximum atomic E-state index is 12.8. The summed E-state index contributed by atoms with van der Waals surface area (Å²) in [6.07, 6.45) is 1.78. The number of hydrogen-bond acceptors (Lipinski definition) is 5. The second-order valence-corrected chi connectivity index (χ2v) is 6.26. The van der Waals surface area contributed by atoms with Gasteiger partial charge in [-0.3, -0.25) is 24.3 Å². The third kappa shape index (κ3) is 3.72. The van der Waals surface area contributed by atoms with E-state index in [1.54, 1.807) is 0 Å². The van der Waals surface area contributed by atoms with E-state index in [-0.39, 0.29) is 5.96 Å². The number of amides is 3. The predicted octanol–water partition coefficient (Wildman–Crippen LogP) is -1.51. The number of rotatable bonds is 6. The molecule has 0 bridgehead atoms. The summed E-state index contributed by atoms with van der Waals surface area (Å²) in [6, 6.07) is -1.84. The van der Waals surface area contributed by atoms with Gasteiger partial charge in [0, 0.05) is 20.0 Å². The van der Waals surface area contributed by atoms with Crippen molar-refractivity contribution in [2.75, 3.05) is 13.1 Å². The van der Waals surface area contributed by atoms with E-state index in [0.29, 0.717) is 38.8 Å². The molecule has 138 valence electrons. The van der Waals surface area contributed by atoms with Crippen LogP contribution in [-0.4, -0.2) is 69.7 Å². The lowest BCUT2D eigenvalue weighted by Crippen LogP contribution is -2.68. The summed E-state index contributed by atoms with van der Waals surface area (Å²) in [6.45, 7) is 1.84. The highest BCUT2D eigenvalue weighted by molar-refractivity contribution is 6.09. The number of guanidine groups is 1. The van der Waals surface area contributed by atoms with E-state index in [1.807, 2.05) is 0 Å².